The van der Waals surface area contributed by atoms with Crippen LogP contribution >= 0.6 is 0 Å². The third kappa shape index (κ3) is 6.00. The van der Waals surface area contributed by atoms with Crippen LogP contribution in [0.3, 0.4) is 0 Å². The topological polar surface area (TPSA) is 36.9 Å². The molecule has 0 saturated carbocycles. The minimum atomic E-state index is -0.450. The summed E-state index contributed by atoms with van der Waals surface area (Å²) in [6, 6.07) is 0. The molecule has 2 aliphatic heterocycles. The highest BCUT2D eigenvalue weighted by atomic mass is 16.7. The van der Waals surface area contributed by atoms with Crippen molar-refractivity contribution in [1.82, 2.24) is 0 Å². The summed E-state index contributed by atoms with van der Waals surface area (Å²) < 4.78 is 24.1. The zero-order valence-electron chi connectivity index (χ0n) is 15.9. The molecule has 2 aliphatic rings. The van der Waals surface area contributed by atoms with Crippen molar-refractivity contribution >= 4 is 0 Å². The summed E-state index contributed by atoms with van der Waals surface area (Å²) in [4.78, 5) is 0. The number of ether oxygens (including phenoxy) is 4. The van der Waals surface area contributed by atoms with Gasteiger partial charge in [0.05, 0.1) is 24.4 Å². The molecule has 0 aromatic rings. The quantitative estimate of drug-likeness (QED) is 0.702. The minimum absolute atomic E-state index is 0.304. The van der Waals surface area contributed by atoms with Crippen molar-refractivity contribution in [3.8, 4) is 0 Å². The van der Waals surface area contributed by atoms with Crippen molar-refractivity contribution in [2.24, 2.45) is 0 Å². The summed E-state index contributed by atoms with van der Waals surface area (Å²) in [7, 11) is 0. The fourth-order valence-corrected chi connectivity index (χ4v) is 3.87. The first-order chi connectivity index (χ1) is 10.7. The normalized spacial score (nSPS) is 36.8. The Bertz CT molecular complexity index is 332. The first-order valence-corrected chi connectivity index (χ1v) is 9.44. The Morgan fingerprint density at radius 1 is 0.652 bits per heavy atom. The van der Waals surface area contributed by atoms with E-state index in [9.17, 15) is 0 Å². The predicted octanol–water partition coefficient (Wildman–Crippen LogP) is 4.80. The van der Waals surface area contributed by atoms with Gasteiger partial charge in [-0.25, -0.2) is 0 Å². The van der Waals surface area contributed by atoms with Crippen LogP contribution in [0.5, 0.6) is 0 Å². The van der Waals surface area contributed by atoms with Gasteiger partial charge in [-0.15, -0.1) is 0 Å². The van der Waals surface area contributed by atoms with E-state index in [1.165, 1.54) is 0 Å². The van der Waals surface area contributed by atoms with Crippen molar-refractivity contribution in [1.29, 1.82) is 0 Å². The average molecular weight is 328 g/mol. The Morgan fingerprint density at radius 2 is 1.00 bits per heavy atom. The van der Waals surface area contributed by atoms with Gasteiger partial charge in [-0.05, 0) is 59.8 Å². The van der Waals surface area contributed by atoms with Crippen molar-refractivity contribution in [2.75, 3.05) is 0 Å². The lowest BCUT2D eigenvalue weighted by Gasteiger charge is -2.42. The molecule has 2 heterocycles. The maximum atomic E-state index is 6.09. The van der Waals surface area contributed by atoms with Crippen LogP contribution in [0.4, 0.5) is 0 Å². The Labute approximate surface area is 142 Å². The van der Waals surface area contributed by atoms with E-state index in [1.54, 1.807) is 0 Å². The molecule has 2 fully saturated rings. The summed E-state index contributed by atoms with van der Waals surface area (Å²) in [6.45, 7) is 12.5. The van der Waals surface area contributed by atoms with Gasteiger partial charge in [-0.2, -0.15) is 0 Å². The zero-order valence-corrected chi connectivity index (χ0v) is 15.9. The first-order valence-electron chi connectivity index (χ1n) is 9.44. The molecular formula is C19H36O4. The van der Waals surface area contributed by atoms with Crippen molar-refractivity contribution in [2.45, 2.75) is 122 Å². The Kier molecular flexibility index (Phi) is 6.51. The number of rotatable bonds is 6. The molecule has 2 rings (SSSR count). The highest BCUT2D eigenvalue weighted by Gasteiger charge is 2.36. The molecule has 0 bridgehead atoms. The molecule has 0 unspecified atom stereocenters. The fourth-order valence-electron chi connectivity index (χ4n) is 3.87. The van der Waals surface area contributed by atoms with E-state index < -0.39 is 11.6 Å². The fraction of sp³-hybridized carbons (Fsp3) is 1.00. The van der Waals surface area contributed by atoms with Crippen molar-refractivity contribution < 1.29 is 18.9 Å². The second-order valence-electron chi connectivity index (χ2n) is 7.98. The van der Waals surface area contributed by atoms with E-state index >= 15 is 0 Å². The highest BCUT2D eigenvalue weighted by molar-refractivity contribution is 4.79. The molecule has 0 aromatic carbocycles. The van der Waals surface area contributed by atoms with E-state index in [0.29, 0.717) is 24.4 Å². The van der Waals surface area contributed by atoms with Crippen LogP contribution < -0.4 is 0 Å². The molecule has 4 atom stereocenters. The molecule has 23 heavy (non-hydrogen) atoms. The molecule has 0 radical (unpaired) electrons. The standard InChI is InChI=1S/C19H36O4/c1-7-14-12-16(22-18(3,4)20-14)10-9-11-17-13-15(8-2)21-19(5,6)23-17/h14-17H,7-13H2,1-6H3/t14-,15-,16+,17+/m1/s1. The molecule has 0 aliphatic carbocycles. The van der Waals surface area contributed by atoms with Gasteiger partial charge < -0.3 is 18.9 Å². The monoisotopic (exact) mass is 328 g/mol. The molecule has 0 spiro atoms. The summed E-state index contributed by atoms with van der Waals surface area (Å²) in [5.74, 6) is -0.901. The van der Waals surface area contributed by atoms with Gasteiger partial charge in [-0.1, -0.05) is 13.8 Å². The SMILES string of the molecule is CC[C@@H]1C[C@H](CCC[C@H]2C[C@@H](CC)OC(C)(C)O2)OC(C)(C)O1. The van der Waals surface area contributed by atoms with Gasteiger partial charge in [0.2, 0.25) is 0 Å². The van der Waals surface area contributed by atoms with Crippen LogP contribution in [0.1, 0.15) is 86.5 Å². The van der Waals surface area contributed by atoms with E-state index in [-0.39, 0.29) is 0 Å². The summed E-state index contributed by atoms with van der Waals surface area (Å²) in [6.07, 6.45) is 8.69. The van der Waals surface area contributed by atoms with Crippen LogP contribution in [0, 0.1) is 0 Å². The number of hydrogen-bond acceptors (Lipinski definition) is 4. The highest BCUT2D eigenvalue weighted by Crippen LogP contribution is 2.33. The third-order valence-electron chi connectivity index (χ3n) is 4.82. The largest absolute Gasteiger partial charge is 0.347 e. The maximum absolute atomic E-state index is 6.09. The van der Waals surface area contributed by atoms with Crippen molar-refractivity contribution in [3.63, 3.8) is 0 Å². The van der Waals surface area contributed by atoms with Crippen LogP contribution in [0.25, 0.3) is 0 Å². The second-order valence-corrected chi connectivity index (χ2v) is 7.98. The lowest BCUT2D eigenvalue weighted by atomic mass is 9.97. The summed E-state index contributed by atoms with van der Waals surface area (Å²) >= 11 is 0. The minimum Gasteiger partial charge on any atom is -0.347 e. The van der Waals surface area contributed by atoms with Crippen molar-refractivity contribution in [3.05, 3.63) is 0 Å². The molecular weight excluding hydrogens is 292 g/mol. The predicted molar refractivity (Wildman–Crippen MR) is 91.3 cm³/mol. The van der Waals surface area contributed by atoms with Gasteiger partial charge in [0.25, 0.3) is 0 Å². The average Bonchev–Trinajstić information content (AvgIpc) is 2.43. The van der Waals surface area contributed by atoms with Gasteiger partial charge in [-0.3, -0.25) is 0 Å². The lowest BCUT2D eigenvalue weighted by Crippen LogP contribution is -2.45. The van der Waals surface area contributed by atoms with Crippen LogP contribution in [0.15, 0.2) is 0 Å². The summed E-state index contributed by atoms with van der Waals surface area (Å²) in [5, 5.41) is 0. The van der Waals surface area contributed by atoms with Crippen LogP contribution in [-0.4, -0.2) is 36.0 Å². The number of hydrogen-bond donors (Lipinski definition) is 0. The van der Waals surface area contributed by atoms with Gasteiger partial charge in [0.15, 0.2) is 11.6 Å². The van der Waals surface area contributed by atoms with Gasteiger partial charge in [0.1, 0.15) is 0 Å². The second kappa shape index (κ2) is 7.81. The Hall–Kier alpha value is -0.160. The third-order valence-corrected chi connectivity index (χ3v) is 4.82. The zero-order chi connectivity index (χ0) is 17.1. The van der Waals surface area contributed by atoms with E-state index in [0.717, 1.165) is 44.9 Å². The van der Waals surface area contributed by atoms with Crippen LogP contribution in [0.2, 0.25) is 0 Å². The molecule has 4 nitrogen and oxygen atoms in total. The van der Waals surface area contributed by atoms with Crippen LogP contribution in [-0.2, 0) is 18.9 Å². The molecule has 4 heteroatoms. The molecule has 0 aromatic heterocycles. The molecule has 136 valence electrons. The maximum Gasteiger partial charge on any atom is 0.163 e. The first kappa shape index (κ1) is 19.2. The lowest BCUT2D eigenvalue weighted by molar-refractivity contribution is -0.304. The van der Waals surface area contributed by atoms with E-state index in [4.69, 9.17) is 18.9 Å². The molecule has 0 N–H and O–H groups in total. The summed E-state index contributed by atoms with van der Waals surface area (Å²) in [5.41, 5.74) is 0. The molecule has 0 amide bonds. The Balaban J connectivity index is 1.77. The van der Waals surface area contributed by atoms with Gasteiger partial charge >= 0.3 is 0 Å². The molecule has 2 saturated heterocycles. The van der Waals surface area contributed by atoms with E-state index in [2.05, 4.69) is 13.8 Å². The smallest absolute Gasteiger partial charge is 0.163 e. The van der Waals surface area contributed by atoms with Gasteiger partial charge in [0, 0.05) is 12.8 Å². The Morgan fingerprint density at radius 3 is 1.35 bits per heavy atom. The van der Waals surface area contributed by atoms with E-state index in [1.807, 2.05) is 27.7 Å².